The monoisotopic (exact) mass is 409 g/mol. The summed E-state index contributed by atoms with van der Waals surface area (Å²) < 4.78 is 5.06. The summed E-state index contributed by atoms with van der Waals surface area (Å²) in [6.07, 6.45) is -0.0910. The van der Waals surface area contributed by atoms with Crippen molar-refractivity contribution < 1.29 is 23.9 Å². The number of para-hydroxylation sites is 1. The Morgan fingerprint density at radius 2 is 1.70 bits per heavy atom. The molecule has 0 radical (unpaired) electrons. The summed E-state index contributed by atoms with van der Waals surface area (Å²) in [6, 6.07) is 14.2. The predicted octanol–water partition coefficient (Wildman–Crippen LogP) is 1.98. The Bertz CT molecular complexity index is 988. The number of aryl methyl sites for hydroxylation is 2. The number of ether oxygens (including phenoxy) is 1. The molecule has 0 spiro atoms. The Kier molecular flexibility index (Phi) is 6.46. The van der Waals surface area contributed by atoms with Crippen LogP contribution in [-0.2, 0) is 19.1 Å². The number of benzene rings is 2. The normalized spacial score (nSPS) is 15.6. The van der Waals surface area contributed by atoms with Crippen molar-refractivity contribution in [3.8, 4) is 0 Å². The van der Waals surface area contributed by atoms with E-state index in [1.54, 1.807) is 37.3 Å². The molecule has 156 valence electrons. The third kappa shape index (κ3) is 5.02. The molecule has 1 aliphatic rings. The molecule has 0 aromatic heterocycles. The van der Waals surface area contributed by atoms with Crippen molar-refractivity contribution in [3.63, 3.8) is 0 Å². The van der Waals surface area contributed by atoms with E-state index in [0.29, 0.717) is 11.3 Å². The second kappa shape index (κ2) is 9.21. The Morgan fingerprint density at radius 3 is 2.40 bits per heavy atom. The van der Waals surface area contributed by atoms with Crippen LogP contribution in [0.3, 0.4) is 0 Å². The highest BCUT2D eigenvalue weighted by Gasteiger charge is 2.36. The van der Waals surface area contributed by atoms with Gasteiger partial charge < -0.3 is 10.1 Å². The molecular formula is C22H23N3O5. The topological polar surface area (TPSA) is 105 Å². The van der Waals surface area contributed by atoms with Crippen LogP contribution in [0.5, 0.6) is 0 Å². The molecule has 8 heteroatoms. The van der Waals surface area contributed by atoms with Gasteiger partial charge in [-0.15, -0.1) is 0 Å². The van der Waals surface area contributed by atoms with Gasteiger partial charge in [0, 0.05) is 17.7 Å². The number of nitrogens with zero attached hydrogens (tertiary/aromatic N) is 1. The molecule has 1 heterocycles. The first kappa shape index (κ1) is 21.0. The Hall–Kier alpha value is -3.68. The zero-order chi connectivity index (χ0) is 21.7. The molecule has 1 saturated heterocycles. The molecule has 8 nitrogen and oxygen atoms in total. The van der Waals surface area contributed by atoms with Crippen LogP contribution in [-0.4, -0.2) is 41.9 Å². The SMILES string of the molecule is Cc1ccccc1NC(=O)COC(=O)[C@H]1CC(=O)N(NC(=O)c2ccccc2C)C1. The summed E-state index contributed by atoms with van der Waals surface area (Å²) in [5.41, 5.74) is 5.28. The molecule has 3 rings (SSSR count). The minimum atomic E-state index is -0.749. The molecule has 3 amide bonds. The van der Waals surface area contributed by atoms with Gasteiger partial charge in [0.2, 0.25) is 5.91 Å². The largest absolute Gasteiger partial charge is 0.455 e. The number of hydrazine groups is 1. The fourth-order valence-electron chi connectivity index (χ4n) is 3.14. The highest BCUT2D eigenvalue weighted by atomic mass is 16.5. The summed E-state index contributed by atoms with van der Waals surface area (Å²) >= 11 is 0. The van der Waals surface area contributed by atoms with Crippen molar-refractivity contribution in [2.45, 2.75) is 20.3 Å². The second-order valence-electron chi connectivity index (χ2n) is 7.13. The number of nitrogens with one attached hydrogen (secondary N) is 2. The summed E-state index contributed by atoms with van der Waals surface area (Å²) in [6.45, 7) is 3.19. The maximum absolute atomic E-state index is 12.4. The van der Waals surface area contributed by atoms with Crippen molar-refractivity contribution in [2.75, 3.05) is 18.5 Å². The fraction of sp³-hybridized carbons (Fsp3) is 0.273. The number of carbonyl (C=O) groups is 4. The first-order valence-electron chi connectivity index (χ1n) is 9.54. The molecule has 0 saturated carbocycles. The van der Waals surface area contributed by atoms with Gasteiger partial charge in [0.15, 0.2) is 6.61 Å². The number of hydrogen-bond donors (Lipinski definition) is 2. The fourth-order valence-corrected chi connectivity index (χ4v) is 3.14. The standard InChI is InChI=1S/C22H23N3O5/c1-14-7-3-5-9-17(14)21(28)24-25-12-16(11-20(25)27)22(29)30-13-19(26)23-18-10-6-4-8-15(18)2/h3-10,16H,11-13H2,1-2H3,(H,23,26)(H,24,28)/t16-/m0/s1. The zero-order valence-corrected chi connectivity index (χ0v) is 16.8. The summed E-state index contributed by atoms with van der Waals surface area (Å²) in [4.78, 5) is 48.9. The lowest BCUT2D eigenvalue weighted by Gasteiger charge is -2.18. The molecule has 0 bridgehead atoms. The van der Waals surface area contributed by atoms with E-state index in [1.807, 2.05) is 25.1 Å². The third-order valence-corrected chi connectivity index (χ3v) is 4.85. The quantitative estimate of drug-likeness (QED) is 0.710. The maximum atomic E-state index is 12.4. The van der Waals surface area contributed by atoms with Crippen molar-refractivity contribution >= 4 is 29.4 Å². The van der Waals surface area contributed by atoms with Gasteiger partial charge in [0.25, 0.3) is 11.8 Å². The van der Waals surface area contributed by atoms with Crippen LogP contribution < -0.4 is 10.7 Å². The van der Waals surface area contributed by atoms with Gasteiger partial charge in [-0.1, -0.05) is 36.4 Å². The number of carbonyl (C=O) groups excluding carboxylic acids is 4. The molecule has 1 atom stereocenters. The van der Waals surface area contributed by atoms with E-state index in [2.05, 4.69) is 10.7 Å². The van der Waals surface area contributed by atoms with Crippen molar-refractivity contribution in [1.82, 2.24) is 10.4 Å². The first-order chi connectivity index (χ1) is 14.3. The van der Waals surface area contributed by atoms with Gasteiger partial charge in [-0.2, -0.15) is 0 Å². The molecular weight excluding hydrogens is 386 g/mol. The summed E-state index contributed by atoms with van der Waals surface area (Å²) in [7, 11) is 0. The van der Waals surface area contributed by atoms with Gasteiger partial charge >= 0.3 is 5.97 Å². The van der Waals surface area contributed by atoms with E-state index >= 15 is 0 Å². The van der Waals surface area contributed by atoms with Gasteiger partial charge in [0.05, 0.1) is 12.5 Å². The van der Waals surface area contributed by atoms with Crippen molar-refractivity contribution in [1.29, 1.82) is 0 Å². The smallest absolute Gasteiger partial charge is 0.311 e. The number of amides is 3. The number of anilines is 1. The van der Waals surface area contributed by atoms with Crippen LogP contribution in [0.2, 0.25) is 0 Å². The van der Waals surface area contributed by atoms with Gasteiger partial charge in [-0.05, 0) is 37.1 Å². The molecule has 0 unspecified atom stereocenters. The van der Waals surface area contributed by atoms with Crippen LogP contribution in [0.1, 0.15) is 27.9 Å². The van der Waals surface area contributed by atoms with E-state index in [-0.39, 0.29) is 18.9 Å². The van der Waals surface area contributed by atoms with Crippen LogP contribution in [0, 0.1) is 19.8 Å². The van der Waals surface area contributed by atoms with Crippen LogP contribution in [0.15, 0.2) is 48.5 Å². The Balaban J connectivity index is 1.50. The molecule has 30 heavy (non-hydrogen) atoms. The van der Waals surface area contributed by atoms with Crippen LogP contribution in [0.25, 0.3) is 0 Å². The lowest BCUT2D eigenvalue weighted by Crippen LogP contribution is -2.43. The predicted molar refractivity (Wildman–Crippen MR) is 109 cm³/mol. The maximum Gasteiger partial charge on any atom is 0.311 e. The third-order valence-electron chi connectivity index (χ3n) is 4.85. The molecule has 2 aromatic rings. The zero-order valence-electron chi connectivity index (χ0n) is 16.8. The van der Waals surface area contributed by atoms with E-state index < -0.39 is 30.3 Å². The molecule has 1 fully saturated rings. The minimum Gasteiger partial charge on any atom is -0.455 e. The molecule has 1 aliphatic heterocycles. The van der Waals surface area contributed by atoms with Gasteiger partial charge in [0.1, 0.15) is 0 Å². The average molecular weight is 409 g/mol. The van der Waals surface area contributed by atoms with Gasteiger partial charge in [-0.25, -0.2) is 0 Å². The number of rotatable bonds is 6. The van der Waals surface area contributed by atoms with E-state index in [9.17, 15) is 19.2 Å². The lowest BCUT2D eigenvalue weighted by atomic mass is 10.1. The van der Waals surface area contributed by atoms with E-state index in [0.717, 1.165) is 16.1 Å². The Labute approximate surface area is 174 Å². The molecule has 2 aromatic carbocycles. The molecule has 0 aliphatic carbocycles. The van der Waals surface area contributed by atoms with E-state index in [1.165, 1.54) is 0 Å². The highest BCUT2D eigenvalue weighted by Crippen LogP contribution is 2.19. The molecule has 2 N–H and O–H groups in total. The second-order valence-corrected chi connectivity index (χ2v) is 7.13. The van der Waals surface area contributed by atoms with Crippen molar-refractivity contribution in [3.05, 3.63) is 65.2 Å². The van der Waals surface area contributed by atoms with Crippen LogP contribution in [0.4, 0.5) is 5.69 Å². The average Bonchev–Trinajstić information content (AvgIpc) is 3.08. The summed E-state index contributed by atoms with van der Waals surface area (Å²) in [5.74, 6) is -2.68. The number of hydrogen-bond acceptors (Lipinski definition) is 5. The van der Waals surface area contributed by atoms with E-state index in [4.69, 9.17) is 4.74 Å². The summed E-state index contributed by atoms with van der Waals surface area (Å²) in [5, 5.41) is 3.79. The van der Waals surface area contributed by atoms with Crippen LogP contribution >= 0.6 is 0 Å². The lowest BCUT2D eigenvalue weighted by molar-refractivity contribution is -0.151. The highest BCUT2D eigenvalue weighted by molar-refractivity contribution is 5.98. The number of esters is 1. The minimum absolute atomic E-state index is 0.00526. The van der Waals surface area contributed by atoms with Gasteiger partial charge in [-0.3, -0.25) is 29.6 Å². The Morgan fingerprint density at radius 1 is 1.03 bits per heavy atom. The van der Waals surface area contributed by atoms with Crippen molar-refractivity contribution in [2.24, 2.45) is 5.92 Å². The first-order valence-corrected chi connectivity index (χ1v) is 9.54.